The first-order chi connectivity index (χ1) is 5.59. The van der Waals surface area contributed by atoms with Gasteiger partial charge in [0.2, 0.25) is 6.33 Å². The minimum absolute atomic E-state index is 0.0275. The molecule has 0 unspecified atom stereocenters. The fraction of sp³-hybridized carbons (Fsp3) is 0.500. The van der Waals surface area contributed by atoms with Crippen LogP contribution in [0.3, 0.4) is 0 Å². The van der Waals surface area contributed by atoms with E-state index in [1.807, 2.05) is 24.6 Å². The second kappa shape index (κ2) is 3.38. The van der Waals surface area contributed by atoms with Gasteiger partial charge in [-0.05, 0) is 13.8 Å². The number of rotatable bonds is 3. The number of carboxylic acid groups (broad SMARTS) is 1. The molecule has 0 saturated heterocycles. The summed E-state index contributed by atoms with van der Waals surface area (Å²) in [5.41, 5.74) is 0. The summed E-state index contributed by atoms with van der Waals surface area (Å²) in [6.45, 7) is 4.12. The molecule has 4 heteroatoms. The Bertz CT molecular complexity index is 278. The lowest BCUT2D eigenvalue weighted by Crippen LogP contribution is -2.35. The molecule has 0 saturated carbocycles. The third-order valence-electron chi connectivity index (χ3n) is 1.63. The molecule has 0 aromatic carbocycles. The molecule has 0 amide bonds. The average molecular weight is 169 g/mol. The van der Waals surface area contributed by atoms with Gasteiger partial charge in [-0.3, -0.25) is 0 Å². The normalized spacial score (nSPS) is 10.6. The number of hydrogen-bond acceptors (Lipinski definition) is 1. The SMILES string of the molecule is CC(C)n1cc[n+](CC(=O)O)c1. The van der Waals surface area contributed by atoms with Gasteiger partial charge in [0.15, 0.2) is 6.54 Å². The number of aromatic nitrogens is 2. The van der Waals surface area contributed by atoms with Gasteiger partial charge in [-0.25, -0.2) is 13.9 Å². The smallest absolute Gasteiger partial charge is 0.346 e. The Morgan fingerprint density at radius 2 is 2.33 bits per heavy atom. The highest BCUT2D eigenvalue weighted by Crippen LogP contribution is 1.99. The number of hydrogen-bond donors (Lipinski definition) is 1. The highest BCUT2D eigenvalue weighted by atomic mass is 16.4. The lowest BCUT2D eigenvalue weighted by Gasteiger charge is -1.96. The van der Waals surface area contributed by atoms with Gasteiger partial charge in [0, 0.05) is 0 Å². The molecule has 12 heavy (non-hydrogen) atoms. The van der Waals surface area contributed by atoms with Crippen LogP contribution in [0.15, 0.2) is 18.7 Å². The number of carbonyl (C=O) groups is 1. The molecule has 0 spiro atoms. The molecule has 66 valence electrons. The van der Waals surface area contributed by atoms with Crippen LogP contribution in [0.5, 0.6) is 0 Å². The Morgan fingerprint density at radius 1 is 1.67 bits per heavy atom. The van der Waals surface area contributed by atoms with Crippen LogP contribution < -0.4 is 4.57 Å². The van der Waals surface area contributed by atoms with Gasteiger partial charge in [0.05, 0.1) is 6.04 Å². The number of imidazole rings is 1. The van der Waals surface area contributed by atoms with Crippen LogP contribution >= 0.6 is 0 Å². The van der Waals surface area contributed by atoms with Gasteiger partial charge in [0.1, 0.15) is 12.4 Å². The minimum Gasteiger partial charge on any atom is -0.478 e. The van der Waals surface area contributed by atoms with Gasteiger partial charge >= 0.3 is 5.97 Å². The third kappa shape index (κ3) is 2.08. The molecule has 1 heterocycles. The summed E-state index contributed by atoms with van der Waals surface area (Å²) >= 11 is 0. The predicted octanol–water partition coefficient (Wildman–Crippen LogP) is 0.441. The minimum atomic E-state index is -0.818. The second-order valence-electron chi connectivity index (χ2n) is 3.02. The van der Waals surface area contributed by atoms with Crippen LogP contribution in [0.1, 0.15) is 19.9 Å². The second-order valence-corrected chi connectivity index (χ2v) is 3.02. The zero-order chi connectivity index (χ0) is 9.14. The van der Waals surface area contributed by atoms with Crippen LogP contribution in [0.4, 0.5) is 0 Å². The fourth-order valence-electron chi connectivity index (χ4n) is 0.966. The van der Waals surface area contributed by atoms with Crippen LogP contribution in [-0.4, -0.2) is 15.6 Å². The Hall–Kier alpha value is -1.32. The van der Waals surface area contributed by atoms with Crippen molar-refractivity contribution in [1.29, 1.82) is 0 Å². The molecule has 0 radical (unpaired) electrons. The molecule has 1 aromatic heterocycles. The molecular weight excluding hydrogens is 156 g/mol. The number of nitrogens with zero attached hydrogens (tertiary/aromatic N) is 2. The standard InChI is InChI=1S/C8H12N2O2/c1-7(2)10-4-3-9(6-10)5-8(11)12/h3-4,6-7H,5H2,1-2H3/p+1. The lowest BCUT2D eigenvalue weighted by molar-refractivity contribution is -0.685. The molecule has 1 aromatic rings. The molecule has 0 aliphatic heterocycles. The summed E-state index contributed by atoms with van der Waals surface area (Å²) in [4.78, 5) is 10.3. The Morgan fingerprint density at radius 3 is 2.75 bits per heavy atom. The maximum Gasteiger partial charge on any atom is 0.346 e. The first-order valence-electron chi connectivity index (χ1n) is 3.88. The molecule has 0 bridgehead atoms. The van der Waals surface area contributed by atoms with E-state index in [2.05, 4.69) is 0 Å². The van der Waals surface area contributed by atoms with Crippen molar-refractivity contribution in [3.05, 3.63) is 18.7 Å². The topological polar surface area (TPSA) is 46.1 Å². The van der Waals surface area contributed by atoms with Crippen molar-refractivity contribution in [3.8, 4) is 0 Å². The Kier molecular flexibility index (Phi) is 2.47. The molecule has 0 aliphatic carbocycles. The molecule has 1 rings (SSSR count). The summed E-state index contributed by atoms with van der Waals surface area (Å²) in [6, 6.07) is 0.375. The monoisotopic (exact) mass is 169 g/mol. The first-order valence-corrected chi connectivity index (χ1v) is 3.88. The van der Waals surface area contributed by atoms with Crippen molar-refractivity contribution in [2.45, 2.75) is 26.4 Å². The van der Waals surface area contributed by atoms with Crippen LogP contribution in [0.2, 0.25) is 0 Å². The van der Waals surface area contributed by atoms with Crippen molar-refractivity contribution < 1.29 is 14.5 Å². The summed E-state index contributed by atoms with van der Waals surface area (Å²) < 4.78 is 3.60. The molecule has 0 aliphatic rings. The van der Waals surface area contributed by atoms with Gasteiger partial charge in [0.25, 0.3) is 0 Å². The Labute approximate surface area is 71.1 Å². The highest BCUT2D eigenvalue weighted by molar-refractivity contribution is 5.64. The molecule has 0 atom stereocenters. The number of carboxylic acids is 1. The van der Waals surface area contributed by atoms with E-state index in [0.717, 1.165) is 0 Å². The zero-order valence-electron chi connectivity index (χ0n) is 7.27. The van der Waals surface area contributed by atoms with Crippen molar-refractivity contribution in [3.63, 3.8) is 0 Å². The Balaban J connectivity index is 2.70. The van der Waals surface area contributed by atoms with Gasteiger partial charge in [-0.1, -0.05) is 0 Å². The van der Waals surface area contributed by atoms with Crippen molar-refractivity contribution in [2.75, 3.05) is 0 Å². The summed E-state index contributed by atoms with van der Waals surface area (Å²) in [5, 5.41) is 8.48. The van der Waals surface area contributed by atoms with E-state index in [0.29, 0.717) is 6.04 Å². The fourth-order valence-corrected chi connectivity index (χ4v) is 0.966. The molecule has 4 nitrogen and oxygen atoms in total. The van der Waals surface area contributed by atoms with Gasteiger partial charge in [-0.15, -0.1) is 0 Å². The zero-order valence-corrected chi connectivity index (χ0v) is 7.27. The lowest BCUT2D eigenvalue weighted by atomic mass is 10.4. The van der Waals surface area contributed by atoms with E-state index >= 15 is 0 Å². The van der Waals surface area contributed by atoms with E-state index in [1.165, 1.54) is 0 Å². The molecule has 1 N–H and O–H groups in total. The third-order valence-corrected chi connectivity index (χ3v) is 1.63. The van der Waals surface area contributed by atoms with Crippen LogP contribution in [0, 0.1) is 0 Å². The summed E-state index contributed by atoms with van der Waals surface area (Å²) in [5.74, 6) is -0.818. The van der Waals surface area contributed by atoms with Crippen molar-refractivity contribution in [1.82, 2.24) is 4.57 Å². The maximum absolute atomic E-state index is 10.3. The van der Waals surface area contributed by atoms with Gasteiger partial charge in [-0.2, -0.15) is 0 Å². The van der Waals surface area contributed by atoms with Crippen molar-refractivity contribution >= 4 is 5.97 Å². The van der Waals surface area contributed by atoms with E-state index in [4.69, 9.17) is 5.11 Å². The van der Waals surface area contributed by atoms with Crippen LogP contribution in [0.25, 0.3) is 0 Å². The van der Waals surface area contributed by atoms with Crippen LogP contribution in [-0.2, 0) is 11.3 Å². The average Bonchev–Trinajstić information content (AvgIpc) is 2.34. The molecule has 0 fully saturated rings. The maximum atomic E-state index is 10.3. The van der Waals surface area contributed by atoms with E-state index < -0.39 is 5.97 Å². The predicted molar refractivity (Wildman–Crippen MR) is 42.6 cm³/mol. The molecular formula is C8H13N2O2+. The van der Waals surface area contributed by atoms with Gasteiger partial charge < -0.3 is 5.11 Å². The number of aliphatic carboxylic acids is 1. The van der Waals surface area contributed by atoms with E-state index in [1.54, 1.807) is 17.1 Å². The first kappa shape index (κ1) is 8.77. The highest BCUT2D eigenvalue weighted by Gasteiger charge is 2.08. The quantitative estimate of drug-likeness (QED) is 0.667. The van der Waals surface area contributed by atoms with Crippen molar-refractivity contribution in [2.24, 2.45) is 0 Å². The summed E-state index contributed by atoms with van der Waals surface area (Å²) in [7, 11) is 0. The largest absolute Gasteiger partial charge is 0.478 e. The van der Waals surface area contributed by atoms with E-state index in [9.17, 15) is 4.79 Å². The summed E-state index contributed by atoms with van der Waals surface area (Å²) in [6.07, 6.45) is 5.42. The van der Waals surface area contributed by atoms with E-state index in [-0.39, 0.29) is 6.54 Å².